The third-order valence-corrected chi connectivity index (χ3v) is 10.4. The molecule has 0 saturated carbocycles. The summed E-state index contributed by atoms with van der Waals surface area (Å²) in [5, 5.41) is 19.7. The molecule has 1 N–H and O–H groups in total. The second-order valence-corrected chi connectivity index (χ2v) is 13.4. The van der Waals surface area contributed by atoms with E-state index in [0.717, 1.165) is 59.9 Å². The smallest absolute Gasteiger partial charge is 0.236 e. The number of aliphatic hydroxyl groups is 1. The number of thiazole rings is 1. The number of pyridine rings is 1. The van der Waals surface area contributed by atoms with Crippen molar-refractivity contribution >= 4 is 22.9 Å². The normalized spacial score (nSPS) is 16.0. The number of piperidine rings is 1. The van der Waals surface area contributed by atoms with Gasteiger partial charge in [0.25, 0.3) is 0 Å². The number of amides is 1. The zero-order valence-corrected chi connectivity index (χ0v) is 27.0. The standard InChI is InChI=1S/C36H34F2N6O2S/c1-3-29-35(27-9-10-28(33(38)21(27)2)36-41-34(30(16-39)47-36)23-4-7-25(37)8-5-23)44-17-24(6-11-31(44)40-29)22-12-14-42(15-13-22)20-32(46)43-18-26(45)19-43/h4-11,17,22,26,45H,3,12-15,18-20H2,1-2H3. The van der Waals surface area contributed by atoms with Crippen LogP contribution in [0.15, 0.2) is 54.7 Å². The van der Waals surface area contributed by atoms with Gasteiger partial charge in [0, 0.05) is 36.0 Å². The minimum Gasteiger partial charge on any atom is -0.389 e. The Morgan fingerprint density at radius 1 is 1.04 bits per heavy atom. The highest BCUT2D eigenvalue weighted by Crippen LogP contribution is 2.39. The molecule has 0 atom stereocenters. The van der Waals surface area contributed by atoms with E-state index in [1.807, 2.05) is 19.1 Å². The summed E-state index contributed by atoms with van der Waals surface area (Å²) in [6.45, 7) is 6.69. The number of β-amino-alcohol motifs (C(OH)–C–C–N with tert-alkyl or cyclic N) is 1. The van der Waals surface area contributed by atoms with Crippen LogP contribution in [0.5, 0.6) is 0 Å². The predicted molar refractivity (Wildman–Crippen MR) is 177 cm³/mol. The first-order valence-corrected chi connectivity index (χ1v) is 16.7. The molecule has 240 valence electrons. The van der Waals surface area contributed by atoms with Gasteiger partial charge in [0.15, 0.2) is 0 Å². The van der Waals surface area contributed by atoms with Gasteiger partial charge in [0.05, 0.1) is 29.7 Å². The van der Waals surface area contributed by atoms with E-state index in [0.29, 0.717) is 64.2 Å². The molecule has 0 unspecified atom stereocenters. The number of carbonyl (C=O) groups excluding carboxylic acids is 1. The van der Waals surface area contributed by atoms with Gasteiger partial charge in [0.2, 0.25) is 5.91 Å². The summed E-state index contributed by atoms with van der Waals surface area (Å²) in [6, 6.07) is 15.7. The van der Waals surface area contributed by atoms with Crippen molar-refractivity contribution in [2.75, 3.05) is 32.7 Å². The number of nitrogens with zero attached hydrogens (tertiary/aromatic N) is 6. The lowest BCUT2D eigenvalue weighted by Gasteiger charge is -2.38. The molecule has 2 aliphatic heterocycles. The first-order valence-electron chi connectivity index (χ1n) is 15.9. The predicted octanol–water partition coefficient (Wildman–Crippen LogP) is 6.20. The lowest BCUT2D eigenvalue weighted by atomic mass is 9.90. The second kappa shape index (κ2) is 12.6. The van der Waals surface area contributed by atoms with E-state index in [2.05, 4.69) is 32.6 Å². The molecule has 8 nitrogen and oxygen atoms in total. The lowest BCUT2D eigenvalue weighted by Crippen LogP contribution is -2.56. The SMILES string of the molecule is CCc1nc2ccc(C3CCN(CC(=O)N4CC(O)C4)CC3)cn2c1-c1ccc(-c2nc(-c3ccc(F)cc3)c(C#N)s2)c(F)c1C. The summed E-state index contributed by atoms with van der Waals surface area (Å²) in [6.07, 6.45) is 4.26. The van der Waals surface area contributed by atoms with E-state index in [4.69, 9.17) is 4.98 Å². The van der Waals surface area contributed by atoms with Crippen LogP contribution in [0.25, 0.3) is 38.7 Å². The zero-order valence-electron chi connectivity index (χ0n) is 26.2. The Balaban J connectivity index is 1.17. The maximum Gasteiger partial charge on any atom is 0.236 e. The summed E-state index contributed by atoms with van der Waals surface area (Å²) in [5.41, 5.74) is 6.24. The number of aryl methyl sites for hydroxylation is 1. The van der Waals surface area contributed by atoms with Crippen molar-refractivity contribution in [1.82, 2.24) is 24.2 Å². The molecule has 2 aromatic carbocycles. The minimum absolute atomic E-state index is 0.0765. The number of halogens is 2. The topological polar surface area (TPSA) is 97.8 Å². The third-order valence-electron chi connectivity index (χ3n) is 9.40. The Morgan fingerprint density at radius 2 is 1.77 bits per heavy atom. The van der Waals surface area contributed by atoms with Gasteiger partial charge in [-0.25, -0.2) is 18.7 Å². The largest absolute Gasteiger partial charge is 0.389 e. The summed E-state index contributed by atoms with van der Waals surface area (Å²) >= 11 is 1.12. The number of carbonyl (C=O) groups is 1. The molecule has 0 spiro atoms. The molecule has 1 amide bonds. The molecule has 47 heavy (non-hydrogen) atoms. The van der Waals surface area contributed by atoms with Gasteiger partial charge in [-0.2, -0.15) is 5.26 Å². The molecule has 0 aliphatic carbocycles. The molecule has 11 heteroatoms. The second-order valence-electron chi connectivity index (χ2n) is 12.4. The number of benzene rings is 2. The highest BCUT2D eigenvalue weighted by Gasteiger charge is 2.31. The fraction of sp³-hybridized carbons (Fsp3) is 0.333. The Labute approximate surface area is 275 Å². The molecule has 5 heterocycles. The van der Waals surface area contributed by atoms with Crippen LogP contribution in [0.1, 0.15) is 47.4 Å². The van der Waals surface area contributed by atoms with E-state index in [1.54, 1.807) is 30.0 Å². The van der Waals surface area contributed by atoms with Gasteiger partial charge in [-0.15, -0.1) is 11.3 Å². The number of fused-ring (bicyclic) bond motifs is 1. The number of nitriles is 1. The summed E-state index contributed by atoms with van der Waals surface area (Å²) in [4.78, 5) is 26.2. The van der Waals surface area contributed by atoms with Crippen molar-refractivity contribution in [1.29, 1.82) is 5.26 Å². The van der Waals surface area contributed by atoms with Crippen molar-refractivity contribution in [3.63, 3.8) is 0 Å². The lowest BCUT2D eigenvalue weighted by molar-refractivity contribution is -0.142. The van der Waals surface area contributed by atoms with Gasteiger partial charge in [-0.1, -0.05) is 19.1 Å². The van der Waals surface area contributed by atoms with Crippen LogP contribution in [-0.2, 0) is 11.2 Å². The van der Waals surface area contributed by atoms with Crippen molar-refractivity contribution in [3.8, 4) is 39.2 Å². The van der Waals surface area contributed by atoms with Crippen LogP contribution in [0, 0.1) is 29.9 Å². The average molecular weight is 653 g/mol. The van der Waals surface area contributed by atoms with Crippen LogP contribution in [0.4, 0.5) is 8.78 Å². The highest BCUT2D eigenvalue weighted by atomic mass is 32.1. The molecule has 2 saturated heterocycles. The molecule has 0 bridgehead atoms. The van der Waals surface area contributed by atoms with Crippen molar-refractivity contribution in [3.05, 3.63) is 88.1 Å². The molecule has 3 aromatic heterocycles. The van der Waals surface area contributed by atoms with Crippen LogP contribution in [0.3, 0.4) is 0 Å². The van der Waals surface area contributed by atoms with Crippen molar-refractivity contribution < 1.29 is 18.7 Å². The molecule has 7 rings (SSSR count). The van der Waals surface area contributed by atoms with Crippen molar-refractivity contribution in [2.24, 2.45) is 0 Å². The van der Waals surface area contributed by atoms with Gasteiger partial charge in [-0.3, -0.25) is 14.1 Å². The number of hydrogen-bond acceptors (Lipinski definition) is 7. The maximum atomic E-state index is 16.2. The number of aromatic nitrogens is 3. The van der Waals surface area contributed by atoms with Crippen LogP contribution in [-0.4, -0.2) is 74.0 Å². The number of aliphatic hydroxyl groups excluding tert-OH is 1. The Kier molecular flexibility index (Phi) is 8.34. The van der Waals surface area contributed by atoms with E-state index in [1.165, 1.54) is 17.7 Å². The van der Waals surface area contributed by atoms with Crippen LogP contribution < -0.4 is 0 Å². The first kappa shape index (κ1) is 31.1. The zero-order chi connectivity index (χ0) is 32.8. The van der Waals surface area contributed by atoms with Crippen LogP contribution in [0.2, 0.25) is 0 Å². The first-order chi connectivity index (χ1) is 22.7. The third kappa shape index (κ3) is 5.82. The maximum absolute atomic E-state index is 16.2. The van der Waals surface area contributed by atoms with E-state index in [9.17, 15) is 19.6 Å². The molecule has 5 aromatic rings. The van der Waals surface area contributed by atoms with Gasteiger partial charge in [0.1, 0.15) is 33.2 Å². The minimum atomic E-state index is -0.408. The number of hydrogen-bond donors (Lipinski definition) is 1. The number of likely N-dealkylation sites (tertiary alicyclic amines) is 2. The number of imidazole rings is 1. The van der Waals surface area contributed by atoms with E-state index >= 15 is 4.39 Å². The van der Waals surface area contributed by atoms with E-state index < -0.39 is 11.9 Å². The Morgan fingerprint density at radius 3 is 2.45 bits per heavy atom. The molecule has 2 fully saturated rings. The van der Waals surface area contributed by atoms with E-state index in [-0.39, 0.29) is 11.7 Å². The summed E-state index contributed by atoms with van der Waals surface area (Å²) in [7, 11) is 0. The van der Waals surface area contributed by atoms with Gasteiger partial charge in [-0.05, 0) is 92.7 Å². The summed E-state index contributed by atoms with van der Waals surface area (Å²) < 4.78 is 31.8. The van der Waals surface area contributed by atoms with Crippen molar-refractivity contribution in [2.45, 2.75) is 45.1 Å². The number of rotatable bonds is 7. The summed E-state index contributed by atoms with van der Waals surface area (Å²) in [5.74, 6) is -0.390. The molecule has 0 radical (unpaired) electrons. The fourth-order valence-electron chi connectivity index (χ4n) is 6.68. The molecular formula is C36H34F2N6O2S. The highest BCUT2D eigenvalue weighted by molar-refractivity contribution is 7.16. The van der Waals surface area contributed by atoms with Crippen LogP contribution >= 0.6 is 11.3 Å². The quantitative estimate of drug-likeness (QED) is 0.225. The monoisotopic (exact) mass is 652 g/mol. The Bertz CT molecular complexity index is 2020. The van der Waals surface area contributed by atoms with Gasteiger partial charge >= 0.3 is 0 Å². The molecule has 2 aliphatic rings. The van der Waals surface area contributed by atoms with Gasteiger partial charge < -0.3 is 10.0 Å². The average Bonchev–Trinajstić information content (AvgIpc) is 3.66. The fourth-order valence-corrected chi connectivity index (χ4v) is 7.58. The molecular weight excluding hydrogens is 618 g/mol. The Hall–Kier alpha value is -4.50.